The van der Waals surface area contributed by atoms with E-state index in [0.717, 1.165) is 23.2 Å². The summed E-state index contributed by atoms with van der Waals surface area (Å²) in [5.74, 6) is -0.226. The van der Waals surface area contributed by atoms with Gasteiger partial charge < -0.3 is 5.32 Å². The Labute approximate surface area is 189 Å². The van der Waals surface area contributed by atoms with Crippen molar-refractivity contribution in [3.05, 3.63) is 83.2 Å². The van der Waals surface area contributed by atoms with Crippen molar-refractivity contribution in [2.45, 2.75) is 44.5 Å². The van der Waals surface area contributed by atoms with Gasteiger partial charge in [0.15, 0.2) is 0 Å². The maximum Gasteiger partial charge on any atom is 0.255 e. The second-order valence-corrected chi connectivity index (χ2v) is 10.4. The van der Waals surface area contributed by atoms with Crippen molar-refractivity contribution in [2.24, 2.45) is 7.05 Å². The molecule has 8 heteroatoms. The van der Waals surface area contributed by atoms with Crippen LogP contribution in [0.3, 0.4) is 0 Å². The molecule has 0 bridgehead atoms. The molecule has 1 aromatic heterocycles. The number of aromatic nitrogens is 2. The van der Waals surface area contributed by atoms with Crippen LogP contribution in [-0.2, 0) is 23.6 Å². The molecule has 2 atom stereocenters. The van der Waals surface area contributed by atoms with Gasteiger partial charge in [0.05, 0.1) is 11.4 Å². The minimum absolute atomic E-state index is 0.0727. The summed E-state index contributed by atoms with van der Waals surface area (Å²) in [5.41, 5.74) is 3.61. The number of amides is 1. The predicted molar refractivity (Wildman–Crippen MR) is 125 cm³/mol. The molecule has 0 saturated carbocycles. The zero-order valence-corrected chi connectivity index (χ0v) is 19.3. The molecule has 3 aromatic rings. The molecule has 1 saturated heterocycles. The molecule has 168 valence electrons. The zero-order chi connectivity index (χ0) is 22.9. The lowest BCUT2D eigenvalue weighted by atomic mass is 10.0. The smallest absolute Gasteiger partial charge is 0.255 e. The summed E-state index contributed by atoms with van der Waals surface area (Å²) in [6.45, 7) is 4.08. The predicted octanol–water partition coefficient (Wildman–Crippen LogP) is 4.04. The first-order chi connectivity index (χ1) is 15.3. The number of anilines is 1. The summed E-state index contributed by atoms with van der Waals surface area (Å²) < 4.78 is 30.0. The Kier molecular flexibility index (Phi) is 6.17. The Balaban J connectivity index is 1.49. The van der Waals surface area contributed by atoms with E-state index in [0.29, 0.717) is 17.7 Å². The van der Waals surface area contributed by atoms with E-state index in [2.05, 4.69) is 10.4 Å². The van der Waals surface area contributed by atoms with E-state index < -0.39 is 15.3 Å². The van der Waals surface area contributed by atoms with E-state index >= 15 is 0 Å². The van der Waals surface area contributed by atoms with Gasteiger partial charge >= 0.3 is 0 Å². The highest BCUT2D eigenvalue weighted by molar-refractivity contribution is 7.89. The quantitative estimate of drug-likeness (QED) is 0.633. The molecular weight excluding hydrogens is 424 g/mol. The fourth-order valence-corrected chi connectivity index (χ4v) is 6.41. The van der Waals surface area contributed by atoms with Crippen LogP contribution in [0.25, 0.3) is 0 Å². The summed E-state index contributed by atoms with van der Waals surface area (Å²) in [6.07, 6.45) is 3.19. The molecule has 2 heterocycles. The van der Waals surface area contributed by atoms with Crippen LogP contribution >= 0.6 is 0 Å². The van der Waals surface area contributed by atoms with Crippen LogP contribution in [0, 0.1) is 6.92 Å². The van der Waals surface area contributed by atoms with Crippen molar-refractivity contribution in [3.63, 3.8) is 0 Å². The second-order valence-electron chi connectivity index (χ2n) is 8.37. The molecule has 1 N–H and O–H groups in total. The van der Waals surface area contributed by atoms with Crippen molar-refractivity contribution in [1.82, 2.24) is 14.1 Å². The molecule has 2 unspecified atom stereocenters. The van der Waals surface area contributed by atoms with Crippen molar-refractivity contribution in [1.29, 1.82) is 0 Å². The molecule has 1 fully saturated rings. The van der Waals surface area contributed by atoms with Gasteiger partial charge in [-0.15, -0.1) is 0 Å². The number of hydrogen-bond acceptors (Lipinski definition) is 4. The number of carbonyl (C=O) groups excluding carboxylic acids is 1. The van der Waals surface area contributed by atoms with Crippen LogP contribution in [0.2, 0.25) is 0 Å². The monoisotopic (exact) mass is 452 g/mol. The van der Waals surface area contributed by atoms with Crippen molar-refractivity contribution >= 4 is 21.6 Å². The third-order valence-corrected chi connectivity index (χ3v) is 8.38. The molecule has 1 aliphatic rings. The summed E-state index contributed by atoms with van der Waals surface area (Å²) in [5, 5.41) is 6.57. The molecule has 0 spiro atoms. The first-order valence-electron chi connectivity index (χ1n) is 10.7. The molecule has 0 aliphatic carbocycles. The molecule has 4 rings (SSSR count). The van der Waals surface area contributed by atoms with E-state index in [4.69, 9.17) is 0 Å². The van der Waals surface area contributed by atoms with E-state index in [1.807, 2.05) is 56.3 Å². The number of sulfonamides is 1. The van der Waals surface area contributed by atoms with Gasteiger partial charge in [-0.05, 0) is 49.9 Å². The summed E-state index contributed by atoms with van der Waals surface area (Å²) in [7, 11) is -1.69. The Morgan fingerprint density at radius 1 is 1.09 bits per heavy atom. The number of nitrogens with zero attached hydrogens (tertiary/aromatic N) is 3. The van der Waals surface area contributed by atoms with Gasteiger partial charge in [0.2, 0.25) is 10.0 Å². The van der Waals surface area contributed by atoms with Crippen LogP contribution in [0.5, 0.6) is 0 Å². The Hall–Kier alpha value is -2.97. The van der Waals surface area contributed by atoms with Crippen molar-refractivity contribution in [3.8, 4) is 0 Å². The maximum atomic E-state index is 13.4. The van der Waals surface area contributed by atoms with E-state index in [1.165, 1.54) is 0 Å². The highest BCUT2D eigenvalue weighted by Gasteiger charge is 2.40. The van der Waals surface area contributed by atoms with E-state index in [-0.39, 0.29) is 18.5 Å². The van der Waals surface area contributed by atoms with Crippen molar-refractivity contribution < 1.29 is 13.2 Å². The Morgan fingerprint density at radius 3 is 2.41 bits per heavy atom. The first kappa shape index (κ1) is 22.2. The average Bonchev–Trinajstić information content (AvgIpc) is 3.08. The van der Waals surface area contributed by atoms with Gasteiger partial charge in [-0.2, -0.15) is 9.40 Å². The second kappa shape index (κ2) is 8.88. The largest absolute Gasteiger partial charge is 0.319 e. The summed E-state index contributed by atoms with van der Waals surface area (Å²) in [6, 6.07) is 16.4. The number of hydrogen-bond donors (Lipinski definition) is 1. The fraction of sp³-hybridized carbons (Fsp3) is 0.333. The SMILES string of the molecule is Cc1nn(C)cc1NC(=O)c1ccc(CN2C(C)CCC(c3ccccc3)S2(=O)=O)cc1. The molecular formula is C24H28N4O3S. The molecule has 2 aromatic carbocycles. The minimum Gasteiger partial charge on any atom is -0.319 e. The number of rotatable bonds is 5. The Bertz CT molecular complexity index is 1200. The lowest BCUT2D eigenvalue weighted by molar-refractivity contribution is 0.102. The molecule has 1 aliphatic heterocycles. The lowest BCUT2D eigenvalue weighted by Crippen LogP contribution is -2.44. The Morgan fingerprint density at radius 2 is 1.78 bits per heavy atom. The highest BCUT2D eigenvalue weighted by atomic mass is 32.2. The highest BCUT2D eigenvalue weighted by Crippen LogP contribution is 2.38. The number of aryl methyl sites for hydroxylation is 2. The van der Waals surface area contributed by atoms with Gasteiger partial charge in [0.1, 0.15) is 5.25 Å². The number of carbonyl (C=O) groups is 1. The molecule has 7 nitrogen and oxygen atoms in total. The van der Waals surface area contributed by atoms with Crippen LogP contribution < -0.4 is 5.32 Å². The normalized spacial score (nSPS) is 20.7. The van der Waals surface area contributed by atoms with E-state index in [1.54, 1.807) is 34.4 Å². The van der Waals surface area contributed by atoms with Crippen LogP contribution in [0.1, 0.15) is 52.2 Å². The van der Waals surface area contributed by atoms with E-state index in [9.17, 15) is 13.2 Å². The van der Waals surface area contributed by atoms with Gasteiger partial charge in [-0.3, -0.25) is 9.48 Å². The van der Waals surface area contributed by atoms with Gasteiger partial charge in [-0.25, -0.2) is 8.42 Å². The third-order valence-electron chi connectivity index (χ3n) is 6.01. The fourth-order valence-electron chi connectivity index (χ4n) is 4.21. The molecule has 32 heavy (non-hydrogen) atoms. The number of nitrogens with one attached hydrogen (secondary N) is 1. The van der Waals surface area contributed by atoms with Crippen molar-refractivity contribution in [2.75, 3.05) is 5.32 Å². The summed E-state index contributed by atoms with van der Waals surface area (Å²) >= 11 is 0. The topological polar surface area (TPSA) is 84.3 Å². The standard InChI is InChI=1S/C24H28N4O3S/c1-17-9-14-23(20-7-5-4-6-8-20)32(30,31)28(17)15-19-10-12-21(13-11-19)24(29)25-22-16-27(3)26-18(22)2/h4-8,10-13,16-17,23H,9,14-15H2,1-3H3,(H,25,29). The minimum atomic E-state index is -3.49. The van der Waals surface area contributed by atoms with Crippen LogP contribution in [-0.4, -0.2) is 34.5 Å². The zero-order valence-electron chi connectivity index (χ0n) is 18.5. The van der Waals surface area contributed by atoms with Gasteiger partial charge in [0, 0.05) is 31.4 Å². The molecule has 0 radical (unpaired) electrons. The first-order valence-corrected chi connectivity index (χ1v) is 12.2. The number of benzene rings is 2. The molecule has 1 amide bonds. The van der Waals surface area contributed by atoms with Crippen LogP contribution in [0.4, 0.5) is 5.69 Å². The lowest BCUT2D eigenvalue weighted by Gasteiger charge is -2.37. The van der Waals surface area contributed by atoms with Gasteiger partial charge in [-0.1, -0.05) is 42.5 Å². The average molecular weight is 453 g/mol. The third kappa shape index (κ3) is 4.47. The van der Waals surface area contributed by atoms with Gasteiger partial charge in [0.25, 0.3) is 5.91 Å². The van der Waals surface area contributed by atoms with Crippen LogP contribution in [0.15, 0.2) is 60.8 Å². The summed E-state index contributed by atoms with van der Waals surface area (Å²) in [4.78, 5) is 12.6. The maximum absolute atomic E-state index is 13.4.